The minimum Gasteiger partial charge on any atom is -0.496 e. The molecule has 1 amide bonds. The van der Waals surface area contributed by atoms with Crippen molar-refractivity contribution >= 4 is 5.91 Å². The van der Waals surface area contributed by atoms with Crippen molar-refractivity contribution in [1.29, 1.82) is 0 Å². The third-order valence-corrected chi connectivity index (χ3v) is 4.77. The number of piperazine rings is 1. The van der Waals surface area contributed by atoms with Crippen LogP contribution in [0.25, 0.3) is 0 Å². The number of carbonyl (C=O) groups excluding carboxylic acids is 1. The van der Waals surface area contributed by atoms with Crippen LogP contribution in [0.15, 0.2) is 18.2 Å². The van der Waals surface area contributed by atoms with Crippen LogP contribution in [0.1, 0.15) is 22.3 Å². The van der Waals surface area contributed by atoms with Gasteiger partial charge in [-0.2, -0.15) is 0 Å². The Morgan fingerprint density at radius 2 is 2.05 bits per heavy atom. The maximum Gasteiger partial charge on any atom is 0.254 e. The van der Waals surface area contributed by atoms with Gasteiger partial charge in [0.1, 0.15) is 5.75 Å². The van der Waals surface area contributed by atoms with Gasteiger partial charge in [0.15, 0.2) is 0 Å². The predicted octanol–water partition coefficient (Wildman–Crippen LogP) is 1.12. The molecule has 2 saturated heterocycles. The summed E-state index contributed by atoms with van der Waals surface area (Å²) in [6.45, 7) is 7.97. The minimum atomic E-state index is 0.121. The Kier molecular flexibility index (Phi) is 4.64. The van der Waals surface area contributed by atoms with Crippen LogP contribution < -0.4 is 10.1 Å². The van der Waals surface area contributed by atoms with Gasteiger partial charge in [-0.05, 0) is 31.0 Å². The monoisotopic (exact) mass is 303 g/mol. The van der Waals surface area contributed by atoms with Gasteiger partial charge >= 0.3 is 0 Å². The van der Waals surface area contributed by atoms with Crippen molar-refractivity contribution in [3.05, 3.63) is 29.3 Å². The van der Waals surface area contributed by atoms with E-state index in [1.54, 1.807) is 7.11 Å². The lowest BCUT2D eigenvalue weighted by molar-refractivity contribution is 0.0773. The molecule has 1 aromatic rings. The number of carbonyl (C=O) groups is 1. The summed E-state index contributed by atoms with van der Waals surface area (Å²) in [4.78, 5) is 17.2. The maximum atomic E-state index is 12.7. The normalized spacial score (nSPS) is 22.8. The van der Waals surface area contributed by atoms with Crippen molar-refractivity contribution < 1.29 is 9.53 Å². The first-order valence-electron chi connectivity index (χ1n) is 8.07. The van der Waals surface area contributed by atoms with Crippen LogP contribution in [0.5, 0.6) is 5.75 Å². The first-order valence-corrected chi connectivity index (χ1v) is 8.07. The van der Waals surface area contributed by atoms with E-state index in [0.717, 1.165) is 62.6 Å². The zero-order valence-electron chi connectivity index (χ0n) is 13.5. The fourth-order valence-electron chi connectivity index (χ4n) is 3.41. The molecule has 1 aromatic carbocycles. The Morgan fingerprint density at radius 3 is 2.77 bits per heavy atom. The minimum absolute atomic E-state index is 0.121. The molecule has 0 bridgehead atoms. The zero-order chi connectivity index (χ0) is 15.5. The average Bonchev–Trinajstić information content (AvgIpc) is 3.05. The highest BCUT2D eigenvalue weighted by atomic mass is 16.5. The zero-order valence-corrected chi connectivity index (χ0v) is 13.5. The first kappa shape index (κ1) is 15.3. The highest BCUT2D eigenvalue weighted by Gasteiger charge is 2.31. The van der Waals surface area contributed by atoms with Crippen LogP contribution in [-0.2, 0) is 0 Å². The van der Waals surface area contributed by atoms with E-state index in [0.29, 0.717) is 6.04 Å². The van der Waals surface area contributed by atoms with E-state index in [9.17, 15) is 4.79 Å². The summed E-state index contributed by atoms with van der Waals surface area (Å²) < 4.78 is 5.33. The fourth-order valence-corrected chi connectivity index (χ4v) is 3.41. The quantitative estimate of drug-likeness (QED) is 0.909. The highest BCUT2D eigenvalue weighted by molar-refractivity contribution is 5.95. The van der Waals surface area contributed by atoms with Crippen molar-refractivity contribution in [1.82, 2.24) is 15.1 Å². The largest absolute Gasteiger partial charge is 0.496 e. The van der Waals surface area contributed by atoms with Gasteiger partial charge in [-0.3, -0.25) is 9.69 Å². The predicted molar refractivity (Wildman–Crippen MR) is 86.5 cm³/mol. The third kappa shape index (κ3) is 3.10. The maximum absolute atomic E-state index is 12.7. The van der Waals surface area contributed by atoms with E-state index in [1.807, 2.05) is 30.0 Å². The van der Waals surface area contributed by atoms with Crippen molar-refractivity contribution in [3.8, 4) is 5.75 Å². The molecule has 2 fully saturated rings. The van der Waals surface area contributed by atoms with Crippen LogP contribution in [0, 0.1) is 6.92 Å². The van der Waals surface area contributed by atoms with Crippen LogP contribution in [0.4, 0.5) is 0 Å². The summed E-state index contributed by atoms with van der Waals surface area (Å²) in [5.74, 6) is 0.902. The van der Waals surface area contributed by atoms with Gasteiger partial charge < -0.3 is 15.0 Å². The van der Waals surface area contributed by atoms with E-state index >= 15 is 0 Å². The van der Waals surface area contributed by atoms with Crippen molar-refractivity contribution in [2.45, 2.75) is 19.4 Å². The number of nitrogens with zero attached hydrogens (tertiary/aromatic N) is 2. The molecule has 0 aromatic heterocycles. The molecule has 2 heterocycles. The van der Waals surface area contributed by atoms with Gasteiger partial charge in [-0.1, -0.05) is 6.07 Å². The van der Waals surface area contributed by atoms with Crippen molar-refractivity contribution in [2.75, 3.05) is 46.4 Å². The van der Waals surface area contributed by atoms with Gasteiger partial charge in [0.2, 0.25) is 0 Å². The number of nitrogens with one attached hydrogen (secondary N) is 1. The molecular formula is C17H25N3O2. The SMILES string of the molecule is COc1cc(C(=O)N2CCC(N3CCNCC3)C2)ccc1C. The second kappa shape index (κ2) is 6.67. The van der Waals surface area contributed by atoms with E-state index in [-0.39, 0.29) is 5.91 Å². The van der Waals surface area contributed by atoms with Crippen LogP contribution in [-0.4, -0.2) is 68.1 Å². The summed E-state index contributed by atoms with van der Waals surface area (Å²) in [6, 6.07) is 6.22. The Morgan fingerprint density at radius 1 is 1.27 bits per heavy atom. The molecule has 5 nitrogen and oxygen atoms in total. The Labute approximate surface area is 132 Å². The molecule has 1 unspecified atom stereocenters. The number of benzene rings is 1. The summed E-state index contributed by atoms with van der Waals surface area (Å²) in [6.07, 6.45) is 1.08. The molecule has 3 rings (SSSR count). The number of hydrogen-bond acceptors (Lipinski definition) is 4. The van der Waals surface area contributed by atoms with E-state index in [1.165, 1.54) is 0 Å². The number of ether oxygens (including phenoxy) is 1. The topological polar surface area (TPSA) is 44.8 Å². The standard InChI is InChI=1S/C17H25N3O2/c1-13-3-4-14(11-16(13)22-2)17(21)20-8-5-15(12-20)19-9-6-18-7-10-19/h3-4,11,15,18H,5-10,12H2,1-2H3. The molecular weight excluding hydrogens is 278 g/mol. The van der Waals surface area contributed by atoms with Gasteiger partial charge in [0.05, 0.1) is 7.11 Å². The molecule has 120 valence electrons. The van der Waals surface area contributed by atoms with Crippen LogP contribution in [0.2, 0.25) is 0 Å². The molecule has 0 aliphatic carbocycles. The average molecular weight is 303 g/mol. The van der Waals surface area contributed by atoms with Gasteiger partial charge in [-0.15, -0.1) is 0 Å². The second-order valence-electron chi connectivity index (χ2n) is 6.16. The van der Waals surface area contributed by atoms with Gasteiger partial charge in [0.25, 0.3) is 5.91 Å². The molecule has 22 heavy (non-hydrogen) atoms. The molecule has 0 radical (unpaired) electrons. The van der Waals surface area contributed by atoms with Crippen molar-refractivity contribution in [3.63, 3.8) is 0 Å². The van der Waals surface area contributed by atoms with Gasteiger partial charge in [0, 0.05) is 50.9 Å². The fraction of sp³-hybridized carbons (Fsp3) is 0.588. The molecule has 1 atom stereocenters. The number of methoxy groups -OCH3 is 1. The highest BCUT2D eigenvalue weighted by Crippen LogP contribution is 2.23. The summed E-state index contributed by atoms with van der Waals surface area (Å²) in [5, 5.41) is 3.38. The first-order chi connectivity index (χ1) is 10.7. The Hall–Kier alpha value is -1.59. The molecule has 0 saturated carbocycles. The number of rotatable bonds is 3. The number of aryl methyl sites for hydroxylation is 1. The lowest BCUT2D eigenvalue weighted by atomic mass is 10.1. The summed E-state index contributed by atoms with van der Waals surface area (Å²) >= 11 is 0. The van der Waals surface area contributed by atoms with E-state index in [4.69, 9.17) is 4.74 Å². The second-order valence-corrected chi connectivity index (χ2v) is 6.16. The van der Waals surface area contributed by atoms with Crippen LogP contribution in [0.3, 0.4) is 0 Å². The smallest absolute Gasteiger partial charge is 0.254 e. The van der Waals surface area contributed by atoms with Gasteiger partial charge in [-0.25, -0.2) is 0 Å². The summed E-state index contributed by atoms with van der Waals surface area (Å²) in [5.41, 5.74) is 1.78. The molecule has 5 heteroatoms. The molecule has 2 aliphatic heterocycles. The number of hydrogen-bond donors (Lipinski definition) is 1. The molecule has 2 aliphatic rings. The van der Waals surface area contributed by atoms with E-state index < -0.39 is 0 Å². The molecule has 1 N–H and O–H groups in total. The molecule has 0 spiro atoms. The third-order valence-electron chi connectivity index (χ3n) is 4.77. The van der Waals surface area contributed by atoms with E-state index in [2.05, 4.69) is 10.2 Å². The number of amides is 1. The lowest BCUT2D eigenvalue weighted by Gasteiger charge is -2.32. The van der Waals surface area contributed by atoms with Crippen molar-refractivity contribution in [2.24, 2.45) is 0 Å². The Balaban J connectivity index is 1.66. The Bertz CT molecular complexity index is 541. The number of likely N-dealkylation sites (tertiary alicyclic amines) is 1. The lowest BCUT2D eigenvalue weighted by Crippen LogP contribution is -2.49. The van der Waals surface area contributed by atoms with Crippen LogP contribution >= 0.6 is 0 Å². The summed E-state index contributed by atoms with van der Waals surface area (Å²) in [7, 11) is 1.65.